The molecule has 1 saturated carbocycles. The highest BCUT2D eigenvalue weighted by Crippen LogP contribution is 2.32. The van der Waals surface area contributed by atoms with Crippen molar-refractivity contribution < 1.29 is 4.74 Å². The van der Waals surface area contributed by atoms with Gasteiger partial charge in [-0.05, 0) is 54.7 Å². The average molecular weight is 303 g/mol. The van der Waals surface area contributed by atoms with Crippen molar-refractivity contribution in [1.29, 1.82) is 0 Å². The summed E-state index contributed by atoms with van der Waals surface area (Å²) in [5.41, 5.74) is 6.07. The maximum absolute atomic E-state index is 6.22. The Balaban J connectivity index is 1.93. The van der Waals surface area contributed by atoms with E-state index in [-0.39, 0.29) is 6.04 Å². The predicted octanol–water partition coefficient (Wildman–Crippen LogP) is 3.74. The van der Waals surface area contributed by atoms with Crippen molar-refractivity contribution in [2.24, 2.45) is 5.84 Å². The van der Waals surface area contributed by atoms with E-state index in [2.05, 4.69) is 5.43 Å². The molecular weight excluding hydrogens is 284 g/mol. The van der Waals surface area contributed by atoms with E-state index < -0.39 is 0 Å². The summed E-state index contributed by atoms with van der Waals surface area (Å²) in [6.45, 7) is 2.01. The third kappa shape index (κ3) is 3.21. The minimum atomic E-state index is -0.105. The van der Waals surface area contributed by atoms with Gasteiger partial charge in [-0.1, -0.05) is 35.9 Å². The molecule has 1 atom stereocenters. The van der Waals surface area contributed by atoms with Crippen LogP contribution in [0.1, 0.15) is 35.6 Å². The molecular formula is C17H19ClN2O. The van der Waals surface area contributed by atoms with Crippen LogP contribution < -0.4 is 16.0 Å². The van der Waals surface area contributed by atoms with Gasteiger partial charge in [0.15, 0.2) is 0 Å². The van der Waals surface area contributed by atoms with Crippen molar-refractivity contribution in [3.05, 3.63) is 64.2 Å². The number of hydrazine groups is 1. The first-order valence-corrected chi connectivity index (χ1v) is 7.54. The highest BCUT2D eigenvalue weighted by molar-refractivity contribution is 6.31. The number of nitrogens with one attached hydrogen (secondary N) is 1. The van der Waals surface area contributed by atoms with Crippen LogP contribution in [0.5, 0.6) is 5.75 Å². The Kier molecular flexibility index (Phi) is 4.15. The molecule has 1 aliphatic rings. The predicted molar refractivity (Wildman–Crippen MR) is 85.4 cm³/mol. The van der Waals surface area contributed by atoms with Gasteiger partial charge in [0.2, 0.25) is 0 Å². The summed E-state index contributed by atoms with van der Waals surface area (Å²) in [4.78, 5) is 0. The lowest BCUT2D eigenvalue weighted by Crippen LogP contribution is -2.29. The van der Waals surface area contributed by atoms with E-state index in [1.807, 2.05) is 49.4 Å². The number of rotatable bonds is 5. The highest BCUT2D eigenvalue weighted by atomic mass is 35.5. The fraction of sp³-hybridized carbons (Fsp3) is 0.294. The second kappa shape index (κ2) is 6.06. The molecule has 0 aliphatic heterocycles. The van der Waals surface area contributed by atoms with Gasteiger partial charge < -0.3 is 4.74 Å². The summed E-state index contributed by atoms with van der Waals surface area (Å²) in [6, 6.07) is 13.8. The van der Waals surface area contributed by atoms with Gasteiger partial charge in [0.25, 0.3) is 0 Å². The molecule has 110 valence electrons. The summed E-state index contributed by atoms with van der Waals surface area (Å²) >= 11 is 6.22. The van der Waals surface area contributed by atoms with Gasteiger partial charge in [0, 0.05) is 5.02 Å². The van der Waals surface area contributed by atoms with Crippen LogP contribution in [0.3, 0.4) is 0 Å². The van der Waals surface area contributed by atoms with E-state index in [0.29, 0.717) is 6.10 Å². The third-order valence-corrected chi connectivity index (χ3v) is 4.22. The summed E-state index contributed by atoms with van der Waals surface area (Å²) in [5, 5.41) is 0.748. The topological polar surface area (TPSA) is 47.3 Å². The van der Waals surface area contributed by atoms with E-state index in [9.17, 15) is 0 Å². The van der Waals surface area contributed by atoms with Crippen LogP contribution in [-0.2, 0) is 0 Å². The zero-order valence-electron chi connectivity index (χ0n) is 12.0. The number of hydrogen-bond donors (Lipinski definition) is 2. The molecule has 2 aromatic carbocycles. The number of hydrogen-bond acceptors (Lipinski definition) is 3. The van der Waals surface area contributed by atoms with Gasteiger partial charge in [0.05, 0.1) is 12.1 Å². The Hall–Kier alpha value is -1.55. The molecule has 0 aromatic heterocycles. The maximum atomic E-state index is 6.22. The molecule has 0 spiro atoms. The van der Waals surface area contributed by atoms with Gasteiger partial charge >= 0.3 is 0 Å². The molecule has 0 amide bonds. The molecule has 0 saturated heterocycles. The third-order valence-electron chi connectivity index (χ3n) is 3.81. The lowest BCUT2D eigenvalue weighted by atomic mass is 9.95. The molecule has 1 aliphatic carbocycles. The number of nitrogens with two attached hydrogens (primary N) is 1. The van der Waals surface area contributed by atoms with Crippen molar-refractivity contribution in [3.8, 4) is 5.75 Å². The Morgan fingerprint density at radius 3 is 2.71 bits per heavy atom. The molecule has 0 bridgehead atoms. The molecule has 3 N–H and O–H groups in total. The Morgan fingerprint density at radius 2 is 2.00 bits per heavy atom. The van der Waals surface area contributed by atoms with E-state index in [0.717, 1.165) is 40.3 Å². The Morgan fingerprint density at radius 1 is 1.24 bits per heavy atom. The maximum Gasteiger partial charge on any atom is 0.120 e. The molecule has 0 heterocycles. The zero-order chi connectivity index (χ0) is 14.8. The Labute approximate surface area is 130 Å². The number of ether oxygens (including phenoxy) is 1. The van der Waals surface area contributed by atoms with Crippen LogP contribution in [-0.4, -0.2) is 6.10 Å². The van der Waals surface area contributed by atoms with Gasteiger partial charge in [0.1, 0.15) is 5.75 Å². The molecule has 21 heavy (non-hydrogen) atoms. The fourth-order valence-electron chi connectivity index (χ4n) is 2.45. The lowest BCUT2D eigenvalue weighted by molar-refractivity contribution is 0.302. The molecule has 1 unspecified atom stereocenters. The quantitative estimate of drug-likeness (QED) is 0.653. The Bertz CT molecular complexity index is 640. The van der Waals surface area contributed by atoms with Gasteiger partial charge in [-0.2, -0.15) is 0 Å². The van der Waals surface area contributed by atoms with Crippen LogP contribution in [0.2, 0.25) is 5.02 Å². The van der Waals surface area contributed by atoms with Crippen molar-refractivity contribution in [2.45, 2.75) is 31.9 Å². The molecule has 3 rings (SSSR count). The first kappa shape index (κ1) is 14.4. The average Bonchev–Trinajstić information content (AvgIpc) is 3.29. The summed E-state index contributed by atoms with van der Waals surface area (Å²) in [7, 11) is 0. The van der Waals surface area contributed by atoms with E-state index in [1.165, 1.54) is 0 Å². The van der Waals surface area contributed by atoms with Crippen molar-refractivity contribution in [2.75, 3.05) is 0 Å². The van der Waals surface area contributed by atoms with E-state index in [1.54, 1.807) is 0 Å². The molecule has 2 aromatic rings. The van der Waals surface area contributed by atoms with E-state index >= 15 is 0 Å². The van der Waals surface area contributed by atoms with Crippen molar-refractivity contribution in [3.63, 3.8) is 0 Å². The van der Waals surface area contributed by atoms with Crippen molar-refractivity contribution in [1.82, 2.24) is 5.43 Å². The van der Waals surface area contributed by atoms with Crippen LogP contribution in [0, 0.1) is 6.92 Å². The zero-order valence-corrected chi connectivity index (χ0v) is 12.7. The van der Waals surface area contributed by atoms with Crippen molar-refractivity contribution >= 4 is 11.6 Å². The first-order chi connectivity index (χ1) is 10.2. The monoisotopic (exact) mass is 302 g/mol. The standard InChI is InChI=1S/C17H19ClN2O/c1-11-15(6-3-7-16(11)18)17(20-19)12-4-2-5-14(10-12)21-13-8-9-13/h2-7,10,13,17,20H,8-9,19H2,1H3. The molecule has 0 radical (unpaired) electrons. The smallest absolute Gasteiger partial charge is 0.120 e. The highest BCUT2D eigenvalue weighted by Gasteiger charge is 2.24. The van der Waals surface area contributed by atoms with Gasteiger partial charge in [-0.3, -0.25) is 5.84 Å². The van der Waals surface area contributed by atoms with Crippen LogP contribution in [0.4, 0.5) is 0 Å². The minimum absolute atomic E-state index is 0.105. The van der Waals surface area contributed by atoms with Gasteiger partial charge in [-0.25, -0.2) is 5.43 Å². The second-order valence-corrected chi connectivity index (χ2v) is 5.85. The van der Waals surface area contributed by atoms with E-state index in [4.69, 9.17) is 22.2 Å². The SMILES string of the molecule is Cc1c(Cl)cccc1C(NN)c1cccc(OC2CC2)c1. The molecule has 4 heteroatoms. The van der Waals surface area contributed by atoms with Crippen LogP contribution in [0.15, 0.2) is 42.5 Å². The minimum Gasteiger partial charge on any atom is -0.490 e. The summed E-state index contributed by atoms with van der Waals surface area (Å²) in [5.74, 6) is 6.68. The number of halogens is 1. The summed E-state index contributed by atoms with van der Waals surface area (Å²) < 4.78 is 5.86. The first-order valence-electron chi connectivity index (χ1n) is 7.17. The second-order valence-electron chi connectivity index (χ2n) is 5.44. The normalized spacial score (nSPS) is 15.8. The fourth-order valence-corrected chi connectivity index (χ4v) is 2.63. The lowest BCUT2D eigenvalue weighted by Gasteiger charge is -2.20. The molecule has 3 nitrogen and oxygen atoms in total. The number of benzene rings is 2. The van der Waals surface area contributed by atoms with Crippen LogP contribution >= 0.6 is 11.6 Å². The molecule has 1 fully saturated rings. The van der Waals surface area contributed by atoms with Gasteiger partial charge in [-0.15, -0.1) is 0 Å². The largest absolute Gasteiger partial charge is 0.490 e. The van der Waals surface area contributed by atoms with Crippen LogP contribution in [0.25, 0.3) is 0 Å². The summed E-state index contributed by atoms with van der Waals surface area (Å²) in [6.07, 6.45) is 2.68.